The Balaban J connectivity index is 1.63. The topological polar surface area (TPSA) is 58.4 Å². The van der Waals surface area contributed by atoms with Crippen molar-refractivity contribution in [3.05, 3.63) is 71.5 Å². The molecule has 160 valence electrons. The fraction of sp³-hybridized carbons (Fsp3) is 0.385. The van der Waals surface area contributed by atoms with E-state index >= 15 is 0 Å². The highest BCUT2D eigenvalue weighted by molar-refractivity contribution is 5.79. The van der Waals surface area contributed by atoms with E-state index in [1.807, 2.05) is 18.3 Å². The Labute approximate surface area is 183 Å². The van der Waals surface area contributed by atoms with Gasteiger partial charge in [0.15, 0.2) is 0 Å². The molecule has 1 fully saturated rings. The number of phenols is 1. The molecule has 5 rings (SSSR count). The number of aryl methyl sites for hydroxylation is 1. The molecule has 0 spiro atoms. The molecule has 1 amide bonds. The molecule has 0 saturated carbocycles. The Kier molecular flexibility index (Phi) is 4.65. The summed E-state index contributed by atoms with van der Waals surface area (Å²) in [6, 6.07) is 14.6. The number of fused-ring (bicyclic) bond motifs is 3. The number of carbonyl (C=O) groups excluding carboxylic acids is 1. The van der Waals surface area contributed by atoms with Crippen LogP contribution in [-0.2, 0) is 10.3 Å². The van der Waals surface area contributed by atoms with E-state index in [-0.39, 0.29) is 23.7 Å². The molecule has 0 bridgehead atoms. The van der Waals surface area contributed by atoms with Gasteiger partial charge in [-0.1, -0.05) is 42.0 Å². The van der Waals surface area contributed by atoms with Gasteiger partial charge in [0.2, 0.25) is 5.91 Å². The molecular formula is C26H29N3O2. The fourth-order valence-electron chi connectivity index (χ4n) is 5.70. The lowest BCUT2D eigenvalue weighted by Crippen LogP contribution is -2.40. The maximum absolute atomic E-state index is 13.3. The standard InChI is InChI=1S/C26H29N3O2/c1-17-7-11-20(12-8-17)26(14-13-23(31)29-18(2)9-10-19(29)3)24-21(5-4-6-22(24)30)25-27-15-16-28(25)26/h4-8,11-12,15-16,18-19,30H,9-10,13-14H2,1-3H3. The molecule has 5 heteroatoms. The number of benzene rings is 2. The van der Waals surface area contributed by atoms with E-state index in [2.05, 4.69) is 59.5 Å². The van der Waals surface area contributed by atoms with E-state index in [9.17, 15) is 9.90 Å². The van der Waals surface area contributed by atoms with Crippen molar-refractivity contribution in [3.63, 3.8) is 0 Å². The Morgan fingerprint density at radius 2 is 1.84 bits per heavy atom. The van der Waals surface area contributed by atoms with Gasteiger partial charge in [0.25, 0.3) is 0 Å². The highest BCUT2D eigenvalue weighted by Gasteiger charge is 2.47. The minimum atomic E-state index is -0.665. The van der Waals surface area contributed by atoms with Crippen LogP contribution in [0.2, 0.25) is 0 Å². The molecule has 3 heterocycles. The number of likely N-dealkylation sites (tertiary alicyclic amines) is 1. The average Bonchev–Trinajstić information content (AvgIpc) is 3.43. The van der Waals surface area contributed by atoms with Crippen LogP contribution in [0.4, 0.5) is 0 Å². The van der Waals surface area contributed by atoms with Gasteiger partial charge in [0, 0.05) is 42.0 Å². The Hall–Kier alpha value is -3.08. The average molecular weight is 416 g/mol. The zero-order valence-corrected chi connectivity index (χ0v) is 18.4. The van der Waals surface area contributed by atoms with Gasteiger partial charge in [0.1, 0.15) is 17.1 Å². The van der Waals surface area contributed by atoms with Crippen molar-refractivity contribution in [1.82, 2.24) is 14.5 Å². The molecule has 3 atom stereocenters. The molecule has 2 aliphatic heterocycles. The summed E-state index contributed by atoms with van der Waals surface area (Å²) in [5.74, 6) is 1.27. The van der Waals surface area contributed by atoms with Gasteiger partial charge in [-0.2, -0.15) is 0 Å². The first-order valence-electron chi connectivity index (χ1n) is 11.2. The zero-order chi connectivity index (χ0) is 21.8. The Morgan fingerprint density at radius 1 is 1.13 bits per heavy atom. The number of nitrogens with zero attached hydrogens (tertiary/aromatic N) is 3. The molecule has 0 aliphatic carbocycles. The number of phenolic OH excluding ortho intramolecular Hbond substituents is 1. The summed E-state index contributed by atoms with van der Waals surface area (Å²) in [7, 11) is 0. The Morgan fingerprint density at radius 3 is 2.55 bits per heavy atom. The number of imidazole rings is 1. The molecule has 1 aromatic heterocycles. The van der Waals surface area contributed by atoms with Crippen LogP contribution in [-0.4, -0.2) is 37.5 Å². The molecule has 1 N–H and O–H groups in total. The van der Waals surface area contributed by atoms with E-state index in [0.29, 0.717) is 12.8 Å². The molecule has 5 nitrogen and oxygen atoms in total. The number of amides is 1. The molecule has 0 radical (unpaired) electrons. The van der Waals surface area contributed by atoms with Gasteiger partial charge < -0.3 is 14.6 Å². The summed E-state index contributed by atoms with van der Waals surface area (Å²) in [4.78, 5) is 20.0. The molecular weight excluding hydrogens is 386 g/mol. The number of hydrogen-bond donors (Lipinski definition) is 1. The van der Waals surface area contributed by atoms with Crippen molar-refractivity contribution in [3.8, 4) is 17.1 Å². The highest BCUT2D eigenvalue weighted by Crippen LogP contribution is 2.52. The maximum Gasteiger partial charge on any atom is 0.223 e. The number of aromatic hydroxyl groups is 1. The minimum Gasteiger partial charge on any atom is -0.508 e. The van der Waals surface area contributed by atoms with Crippen LogP contribution in [0, 0.1) is 6.92 Å². The third-order valence-corrected chi connectivity index (χ3v) is 7.22. The summed E-state index contributed by atoms with van der Waals surface area (Å²) in [5.41, 5.74) is 3.35. The van der Waals surface area contributed by atoms with Gasteiger partial charge >= 0.3 is 0 Å². The van der Waals surface area contributed by atoms with Crippen molar-refractivity contribution < 1.29 is 9.90 Å². The highest BCUT2D eigenvalue weighted by atomic mass is 16.3. The van der Waals surface area contributed by atoms with Gasteiger partial charge in [-0.3, -0.25) is 4.79 Å². The molecule has 2 aliphatic rings. The monoisotopic (exact) mass is 415 g/mol. The summed E-state index contributed by atoms with van der Waals surface area (Å²) >= 11 is 0. The van der Waals surface area contributed by atoms with Crippen molar-refractivity contribution in [2.45, 2.75) is 64.1 Å². The quantitative estimate of drug-likeness (QED) is 0.663. The third-order valence-electron chi connectivity index (χ3n) is 7.22. The summed E-state index contributed by atoms with van der Waals surface area (Å²) in [6.45, 7) is 6.35. The first-order valence-corrected chi connectivity index (χ1v) is 11.2. The first kappa shape index (κ1) is 19.9. The van der Waals surface area contributed by atoms with E-state index < -0.39 is 5.54 Å². The predicted octanol–water partition coefficient (Wildman–Crippen LogP) is 4.85. The van der Waals surface area contributed by atoms with Crippen LogP contribution in [0.3, 0.4) is 0 Å². The largest absolute Gasteiger partial charge is 0.508 e. The lowest BCUT2D eigenvalue weighted by Gasteiger charge is -2.35. The smallest absolute Gasteiger partial charge is 0.223 e. The number of aromatic nitrogens is 2. The van der Waals surface area contributed by atoms with Crippen LogP contribution < -0.4 is 0 Å². The summed E-state index contributed by atoms with van der Waals surface area (Å²) < 4.78 is 2.15. The van der Waals surface area contributed by atoms with E-state index in [4.69, 9.17) is 0 Å². The number of hydrogen-bond acceptors (Lipinski definition) is 3. The van der Waals surface area contributed by atoms with Crippen LogP contribution in [0.15, 0.2) is 54.9 Å². The fourth-order valence-corrected chi connectivity index (χ4v) is 5.70. The second-order valence-electron chi connectivity index (χ2n) is 9.12. The zero-order valence-electron chi connectivity index (χ0n) is 18.4. The number of carbonyl (C=O) groups is 1. The van der Waals surface area contributed by atoms with Crippen LogP contribution in [0.5, 0.6) is 5.75 Å². The van der Waals surface area contributed by atoms with Gasteiger partial charge in [-0.25, -0.2) is 4.98 Å². The predicted molar refractivity (Wildman–Crippen MR) is 121 cm³/mol. The summed E-state index contributed by atoms with van der Waals surface area (Å²) in [5, 5.41) is 11.0. The second-order valence-corrected chi connectivity index (χ2v) is 9.12. The van der Waals surface area contributed by atoms with Crippen molar-refractivity contribution in [2.24, 2.45) is 0 Å². The second kappa shape index (κ2) is 7.26. The van der Waals surface area contributed by atoms with E-state index in [1.54, 1.807) is 12.3 Å². The molecule has 31 heavy (non-hydrogen) atoms. The molecule has 3 unspecified atom stereocenters. The lowest BCUT2D eigenvalue weighted by molar-refractivity contribution is -0.133. The third kappa shape index (κ3) is 2.90. The molecule has 1 saturated heterocycles. The van der Waals surface area contributed by atoms with Crippen LogP contribution in [0.1, 0.15) is 56.2 Å². The van der Waals surface area contributed by atoms with Crippen molar-refractivity contribution in [2.75, 3.05) is 0 Å². The summed E-state index contributed by atoms with van der Waals surface area (Å²) in [6.07, 6.45) is 6.88. The number of rotatable bonds is 4. The van der Waals surface area contributed by atoms with Gasteiger partial charge in [-0.15, -0.1) is 0 Å². The molecule has 2 aromatic carbocycles. The lowest BCUT2D eigenvalue weighted by atomic mass is 9.78. The van der Waals surface area contributed by atoms with E-state index in [0.717, 1.165) is 35.4 Å². The van der Waals surface area contributed by atoms with Crippen molar-refractivity contribution in [1.29, 1.82) is 0 Å². The van der Waals surface area contributed by atoms with E-state index in [1.165, 1.54) is 5.56 Å². The van der Waals surface area contributed by atoms with Crippen molar-refractivity contribution >= 4 is 5.91 Å². The molecule has 3 aromatic rings. The minimum absolute atomic E-state index is 0.189. The maximum atomic E-state index is 13.3. The van der Waals surface area contributed by atoms with Gasteiger partial charge in [-0.05, 0) is 51.7 Å². The normalized spacial score (nSPS) is 24.3. The van der Waals surface area contributed by atoms with Crippen LogP contribution >= 0.6 is 0 Å². The van der Waals surface area contributed by atoms with Crippen LogP contribution in [0.25, 0.3) is 11.4 Å². The Bertz CT molecular complexity index is 1120. The van der Waals surface area contributed by atoms with Gasteiger partial charge in [0.05, 0.1) is 0 Å². The first-order chi connectivity index (χ1) is 14.9. The SMILES string of the molecule is Cc1ccc(C2(CCC(=O)N3C(C)CCC3C)c3c(O)cccc3-c3nccn32)cc1.